The zero-order valence-corrected chi connectivity index (χ0v) is 11.7. The van der Waals surface area contributed by atoms with Gasteiger partial charge in [-0.25, -0.2) is 0 Å². The first-order valence-electron chi connectivity index (χ1n) is 6.50. The Bertz CT molecular complexity index is 445. The van der Waals surface area contributed by atoms with E-state index in [1.54, 1.807) is 0 Å². The number of nitrogens with zero attached hydrogens (tertiary/aromatic N) is 1. The molecule has 1 rings (SSSR count). The number of nitriles is 1. The molecule has 1 aromatic carbocycles. The van der Waals surface area contributed by atoms with E-state index in [-0.39, 0.29) is 18.5 Å². The minimum absolute atomic E-state index is 0.0900. The molecule has 4 nitrogen and oxygen atoms in total. The first-order chi connectivity index (χ1) is 9.02. The molecule has 1 aromatic rings. The summed E-state index contributed by atoms with van der Waals surface area (Å²) in [5, 5.41) is 14.4. The van der Waals surface area contributed by atoms with Crippen molar-refractivity contribution in [2.75, 3.05) is 11.9 Å². The number of aryl methyl sites for hydroxylation is 1. The number of carbonyl (C=O) groups is 1. The van der Waals surface area contributed by atoms with Gasteiger partial charge in [-0.15, -0.1) is 0 Å². The van der Waals surface area contributed by atoms with Crippen LogP contribution in [0.3, 0.4) is 0 Å². The van der Waals surface area contributed by atoms with Gasteiger partial charge in [0.1, 0.15) is 0 Å². The van der Waals surface area contributed by atoms with E-state index in [2.05, 4.69) is 24.5 Å². The summed E-state index contributed by atoms with van der Waals surface area (Å²) in [5.41, 5.74) is 1.93. The highest BCUT2D eigenvalue weighted by molar-refractivity contribution is 5.94. The molecule has 0 bridgehead atoms. The van der Waals surface area contributed by atoms with Crippen LogP contribution < -0.4 is 10.6 Å². The normalized spacial score (nSPS) is 11.9. The van der Waals surface area contributed by atoms with Crippen molar-refractivity contribution in [3.63, 3.8) is 0 Å². The Kier molecular flexibility index (Phi) is 6.04. The molecule has 0 aliphatic carbocycles. The van der Waals surface area contributed by atoms with Crippen molar-refractivity contribution in [1.29, 1.82) is 5.26 Å². The fourth-order valence-electron chi connectivity index (χ4n) is 1.79. The van der Waals surface area contributed by atoms with Gasteiger partial charge >= 0.3 is 0 Å². The van der Waals surface area contributed by atoms with E-state index in [0.29, 0.717) is 12.3 Å². The van der Waals surface area contributed by atoms with Crippen LogP contribution >= 0.6 is 0 Å². The van der Waals surface area contributed by atoms with Crippen molar-refractivity contribution in [2.24, 2.45) is 5.92 Å². The van der Waals surface area contributed by atoms with Crippen LogP contribution in [0.15, 0.2) is 24.3 Å². The molecule has 1 atom stereocenters. The Labute approximate surface area is 114 Å². The summed E-state index contributed by atoms with van der Waals surface area (Å²) in [4.78, 5) is 12.2. The number of amides is 1. The molecule has 1 unspecified atom stereocenters. The van der Waals surface area contributed by atoms with E-state index >= 15 is 0 Å². The lowest BCUT2D eigenvalue weighted by Crippen LogP contribution is -2.41. The van der Waals surface area contributed by atoms with Crippen LogP contribution in [-0.4, -0.2) is 18.5 Å². The van der Waals surface area contributed by atoms with Crippen LogP contribution in [0.4, 0.5) is 5.69 Å². The van der Waals surface area contributed by atoms with Gasteiger partial charge in [-0.3, -0.25) is 10.1 Å². The van der Waals surface area contributed by atoms with Gasteiger partial charge in [-0.2, -0.15) is 5.26 Å². The molecule has 0 aromatic heterocycles. The summed E-state index contributed by atoms with van der Waals surface area (Å²) < 4.78 is 0. The number of benzene rings is 1. The van der Waals surface area contributed by atoms with Crippen LogP contribution in [-0.2, 0) is 4.79 Å². The van der Waals surface area contributed by atoms with E-state index in [9.17, 15) is 4.79 Å². The topological polar surface area (TPSA) is 64.9 Å². The molecule has 2 N–H and O–H groups in total. The van der Waals surface area contributed by atoms with E-state index < -0.39 is 0 Å². The second-order valence-electron chi connectivity index (χ2n) is 5.08. The minimum atomic E-state index is -0.332. The van der Waals surface area contributed by atoms with Crippen molar-refractivity contribution < 1.29 is 4.79 Å². The number of hydrogen-bond donors (Lipinski definition) is 2. The van der Waals surface area contributed by atoms with Crippen molar-refractivity contribution in [1.82, 2.24) is 5.32 Å². The molecular weight excluding hydrogens is 238 g/mol. The van der Waals surface area contributed by atoms with Crippen LogP contribution in [0.1, 0.15) is 25.8 Å². The molecule has 0 fully saturated rings. The highest BCUT2D eigenvalue weighted by atomic mass is 16.2. The fourth-order valence-corrected chi connectivity index (χ4v) is 1.79. The molecule has 102 valence electrons. The fraction of sp³-hybridized carbons (Fsp3) is 0.467. The van der Waals surface area contributed by atoms with E-state index in [4.69, 9.17) is 5.26 Å². The largest absolute Gasteiger partial charge is 0.325 e. The molecule has 0 spiro atoms. The summed E-state index contributed by atoms with van der Waals surface area (Å²) in [6.45, 7) is 6.29. The van der Waals surface area contributed by atoms with E-state index in [1.165, 1.54) is 0 Å². The second-order valence-corrected chi connectivity index (χ2v) is 5.08. The molecule has 0 aliphatic rings. The maximum absolute atomic E-state index is 12.2. The van der Waals surface area contributed by atoms with Gasteiger partial charge in [0, 0.05) is 5.69 Å². The maximum Gasteiger partial charge on any atom is 0.241 e. The Morgan fingerprint density at radius 1 is 1.32 bits per heavy atom. The second kappa shape index (κ2) is 7.55. The molecule has 1 amide bonds. The minimum Gasteiger partial charge on any atom is -0.325 e. The predicted molar refractivity (Wildman–Crippen MR) is 76.7 cm³/mol. The number of nitrogens with one attached hydrogen (secondary N) is 2. The summed E-state index contributed by atoms with van der Waals surface area (Å²) in [7, 11) is 0. The van der Waals surface area contributed by atoms with E-state index in [0.717, 1.165) is 11.3 Å². The highest BCUT2D eigenvalue weighted by Crippen LogP contribution is 2.11. The Balaban J connectivity index is 2.65. The predicted octanol–water partition coefficient (Wildman–Crippen LogP) is 2.46. The van der Waals surface area contributed by atoms with Crippen molar-refractivity contribution in [2.45, 2.75) is 33.2 Å². The standard InChI is InChI=1S/C15H21N3O/c1-11(2)10-14(17-9-8-16)15(19)18-13-6-4-12(3)5-7-13/h4-7,11,14,17H,9-10H2,1-3H3,(H,18,19). The van der Waals surface area contributed by atoms with Gasteiger partial charge < -0.3 is 5.32 Å². The molecule has 0 heterocycles. The lowest BCUT2D eigenvalue weighted by molar-refractivity contribution is -0.118. The third kappa shape index (κ3) is 5.54. The number of rotatable bonds is 6. The Morgan fingerprint density at radius 3 is 2.47 bits per heavy atom. The number of carbonyl (C=O) groups excluding carboxylic acids is 1. The zero-order valence-electron chi connectivity index (χ0n) is 11.7. The first-order valence-corrected chi connectivity index (χ1v) is 6.50. The zero-order chi connectivity index (χ0) is 14.3. The Hall–Kier alpha value is -1.86. The highest BCUT2D eigenvalue weighted by Gasteiger charge is 2.19. The van der Waals surface area contributed by atoms with Crippen LogP contribution in [0.5, 0.6) is 0 Å². The van der Waals surface area contributed by atoms with Crippen LogP contribution in [0.2, 0.25) is 0 Å². The maximum atomic E-state index is 12.2. The van der Waals surface area contributed by atoms with Gasteiger partial charge in [0.15, 0.2) is 0 Å². The molecule has 4 heteroatoms. The van der Waals surface area contributed by atoms with E-state index in [1.807, 2.05) is 37.3 Å². The number of anilines is 1. The van der Waals surface area contributed by atoms with Crippen molar-refractivity contribution in [3.8, 4) is 6.07 Å². The molecular formula is C15H21N3O. The molecule has 0 aliphatic heterocycles. The molecule has 0 saturated heterocycles. The molecule has 0 radical (unpaired) electrons. The summed E-state index contributed by atoms with van der Waals surface area (Å²) >= 11 is 0. The number of hydrogen-bond acceptors (Lipinski definition) is 3. The van der Waals surface area contributed by atoms with Gasteiger partial charge in [0.2, 0.25) is 5.91 Å². The van der Waals surface area contributed by atoms with Crippen molar-refractivity contribution in [3.05, 3.63) is 29.8 Å². The molecule has 0 saturated carbocycles. The monoisotopic (exact) mass is 259 g/mol. The Morgan fingerprint density at radius 2 is 1.95 bits per heavy atom. The van der Waals surface area contributed by atoms with Crippen LogP contribution in [0, 0.1) is 24.2 Å². The third-order valence-electron chi connectivity index (χ3n) is 2.77. The lowest BCUT2D eigenvalue weighted by Gasteiger charge is -2.18. The summed E-state index contributed by atoms with van der Waals surface area (Å²) in [6.07, 6.45) is 0.708. The molecule has 19 heavy (non-hydrogen) atoms. The van der Waals surface area contributed by atoms with Crippen LogP contribution in [0.25, 0.3) is 0 Å². The average Bonchev–Trinajstić information content (AvgIpc) is 2.36. The summed E-state index contributed by atoms with van der Waals surface area (Å²) in [6, 6.07) is 9.34. The third-order valence-corrected chi connectivity index (χ3v) is 2.77. The van der Waals surface area contributed by atoms with Gasteiger partial charge in [-0.1, -0.05) is 31.5 Å². The lowest BCUT2D eigenvalue weighted by atomic mass is 10.0. The first kappa shape index (κ1) is 15.2. The SMILES string of the molecule is Cc1ccc(NC(=O)C(CC(C)C)NCC#N)cc1. The average molecular weight is 259 g/mol. The van der Waals surface area contributed by atoms with Gasteiger partial charge in [-0.05, 0) is 31.4 Å². The quantitative estimate of drug-likeness (QED) is 0.771. The van der Waals surface area contributed by atoms with Crippen molar-refractivity contribution >= 4 is 11.6 Å². The smallest absolute Gasteiger partial charge is 0.241 e. The van der Waals surface area contributed by atoms with Gasteiger partial charge in [0.05, 0.1) is 18.7 Å². The summed E-state index contributed by atoms with van der Waals surface area (Å²) in [5.74, 6) is 0.299. The van der Waals surface area contributed by atoms with Gasteiger partial charge in [0.25, 0.3) is 0 Å².